The molecule has 3 heterocycles. The largest absolute Gasteiger partial charge is 0.477 e. The van der Waals surface area contributed by atoms with Crippen molar-refractivity contribution in [3.05, 3.63) is 40.5 Å². The number of hydrogen-bond acceptors (Lipinski definition) is 6. The molecule has 1 aliphatic heterocycles. The van der Waals surface area contributed by atoms with Crippen LogP contribution in [0.4, 0.5) is 17.2 Å². The summed E-state index contributed by atoms with van der Waals surface area (Å²) in [4.78, 5) is 23.8. The molecule has 0 amide bonds. The standard InChI is InChI=1S/C19H20N4O2S/c1-11-15-17(20-12(2)21-18(15)26-16(11)19(24)25)22-13-5-7-14(8-6-13)23-9-3-4-10-23/h5-8H,3-4,9-10H2,1-2H3,(H,24,25)(H,20,21,22). The van der Waals surface area contributed by atoms with E-state index in [1.54, 1.807) is 0 Å². The minimum absolute atomic E-state index is 0.312. The van der Waals surface area contributed by atoms with E-state index >= 15 is 0 Å². The summed E-state index contributed by atoms with van der Waals surface area (Å²) in [5, 5.41) is 13.5. The van der Waals surface area contributed by atoms with Crippen LogP contribution in [0.2, 0.25) is 0 Å². The Bertz CT molecular complexity index is 975. The van der Waals surface area contributed by atoms with Gasteiger partial charge in [0.05, 0.1) is 5.39 Å². The van der Waals surface area contributed by atoms with Gasteiger partial charge in [-0.3, -0.25) is 0 Å². The summed E-state index contributed by atoms with van der Waals surface area (Å²) in [7, 11) is 0. The molecular formula is C19H20N4O2S. The van der Waals surface area contributed by atoms with Crippen LogP contribution in [-0.4, -0.2) is 34.1 Å². The molecule has 1 aliphatic rings. The molecule has 134 valence electrons. The number of aromatic carboxylic acids is 1. The molecule has 0 spiro atoms. The molecule has 26 heavy (non-hydrogen) atoms. The van der Waals surface area contributed by atoms with Gasteiger partial charge < -0.3 is 15.3 Å². The summed E-state index contributed by atoms with van der Waals surface area (Å²) in [5.74, 6) is 0.346. The zero-order valence-corrected chi connectivity index (χ0v) is 15.6. The molecular weight excluding hydrogens is 348 g/mol. The number of fused-ring (bicyclic) bond motifs is 1. The second-order valence-corrected chi connectivity index (χ2v) is 7.53. The highest BCUT2D eigenvalue weighted by Gasteiger charge is 2.19. The molecule has 1 saturated heterocycles. The number of nitrogens with one attached hydrogen (secondary N) is 1. The second-order valence-electron chi connectivity index (χ2n) is 6.53. The molecule has 0 saturated carbocycles. The van der Waals surface area contributed by atoms with Gasteiger partial charge in [-0.25, -0.2) is 14.8 Å². The van der Waals surface area contributed by atoms with Gasteiger partial charge in [0.25, 0.3) is 0 Å². The van der Waals surface area contributed by atoms with Crippen molar-refractivity contribution in [1.29, 1.82) is 0 Å². The van der Waals surface area contributed by atoms with Crippen LogP contribution in [0.15, 0.2) is 24.3 Å². The molecule has 2 N–H and O–H groups in total. The fourth-order valence-electron chi connectivity index (χ4n) is 3.41. The molecule has 0 radical (unpaired) electrons. The highest BCUT2D eigenvalue weighted by atomic mass is 32.1. The number of carbonyl (C=O) groups is 1. The second kappa shape index (κ2) is 6.57. The number of anilines is 3. The first kappa shape index (κ1) is 16.8. The van der Waals surface area contributed by atoms with Gasteiger partial charge in [0.1, 0.15) is 21.3 Å². The van der Waals surface area contributed by atoms with Crippen LogP contribution in [0.1, 0.15) is 33.9 Å². The maximum absolute atomic E-state index is 11.4. The molecule has 6 nitrogen and oxygen atoms in total. The Morgan fingerprint density at radius 1 is 1.15 bits per heavy atom. The lowest BCUT2D eigenvalue weighted by Crippen LogP contribution is -2.17. The predicted octanol–water partition coefficient (Wildman–Crippen LogP) is 4.35. The Morgan fingerprint density at radius 3 is 2.50 bits per heavy atom. The summed E-state index contributed by atoms with van der Waals surface area (Å²) >= 11 is 1.19. The monoisotopic (exact) mass is 368 g/mol. The number of benzene rings is 1. The maximum atomic E-state index is 11.4. The quantitative estimate of drug-likeness (QED) is 0.713. The highest BCUT2D eigenvalue weighted by Crippen LogP contribution is 2.35. The first-order chi connectivity index (χ1) is 12.5. The number of aromatic nitrogens is 2. The third-order valence-corrected chi connectivity index (χ3v) is 5.87. The average Bonchev–Trinajstić information content (AvgIpc) is 3.24. The van der Waals surface area contributed by atoms with E-state index in [0.717, 1.165) is 24.2 Å². The third-order valence-electron chi connectivity index (χ3n) is 4.70. The van der Waals surface area contributed by atoms with Crippen LogP contribution in [-0.2, 0) is 0 Å². The number of thiophene rings is 1. The Labute approximate surface area is 155 Å². The summed E-state index contributed by atoms with van der Waals surface area (Å²) in [6.07, 6.45) is 2.50. The number of rotatable bonds is 4. The van der Waals surface area contributed by atoms with Gasteiger partial charge in [0, 0.05) is 24.5 Å². The molecule has 1 fully saturated rings. The minimum atomic E-state index is -0.927. The molecule has 2 aromatic heterocycles. The average molecular weight is 368 g/mol. The number of carboxylic acid groups (broad SMARTS) is 1. The van der Waals surface area contributed by atoms with Gasteiger partial charge in [-0.05, 0) is 56.5 Å². The minimum Gasteiger partial charge on any atom is -0.477 e. The van der Waals surface area contributed by atoms with Crippen LogP contribution in [0.5, 0.6) is 0 Å². The van der Waals surface area contributed by atoms with E-state index in [1.807, 2.05) is 26.0 Å². The van der Waals surface area contributed by atoms with Gasteiger partial charge in [0.2, 0.25) is 0 Å². The lowest BCUT2D eigenvalue weighted by atomic mass is 10.2. The van der Waals surface area contributed by atoms with Gasteiger partial charge >= 0.3 is 5.97 Å². The van der Waals surface area contributed by atoms with E-state index in [1.165, 1.54) is 29.9 Å². The number of hydrogen-bond donors (Lipinski definition) is 2. The topological polar surface area (TPSA) is 78.4 Å². The zero-order valence-electron chi connectivity index (χ0n) is 14.7. The molecule has 1 aromatic carbocycles. The van der Waals surface area contributed by atoms with Crippen molar-refractivity contribution in [3.63, 3.8) is 0 Å². The van der Waals surface area contributed by atoms with E-state index < -0.39 is 5.97 Å². The Morgan fingerprint density at radius 2 is 1.85 bits per heavy atom. The van der Waals surface area contributed by atoms with Crippen molar-refractivity contribution in [3.8, 4) is 0 Å². The Balaban J connectivity index is 1.69. The molecule has 0 aliphatic carbocycles. The summed E-state index contributed by atoms with van der Waals surface area (Å²) in [6.45, 7) is 5.86. The normalized spacial score (nSPS) is 14.2. The number of aryl methyl sites for hydroxylation is 2. The lowest BCUT2D eigenvalue weighted by molar-refractivity contribution is 0.0701. The lowest BCUT2D eigenvalue weighted by Gasteiger charge is -2.18. The molecule has 7 heteroatoms. The fraction of sp³-hybridized carbons (Fsp3) is 0.316. The summed E-state index contributed by atoms with van der Waals surface area (Å²) in [6, 6.07) is 8.30. The van der Waals surface area contributed by atoms with Crippen LogP contribution >= 0.6 is 11.3 Å². The first-order valence-electron chi connectivity index (χ1n) is 8.66. The molecule has 3 aromatic rings. The SMILES string of the molecule is Cc1nc(Nc2ccc(N3CCCC3)cc2)c2c(C)c(C(=O)O)sc2n1. The van der Waals surface area contributed by atoms with Gasteiger partial charge in [-0.1, -0.05) is 0 Å². The van der Waals surface area contributed by atoms with Crippen molar-refractivity contribution in [2.45, 2.75) is 26.7 Å². The van der Waals surface area contributed by atoms with Crippen LogP contribution in [0.25, 0.3) is 10.2 Å². The Hall–Kier alpha value is -2.67. The molecule has 0 bridgehead atoms. The zero-order chi connectivity index (χ0) is 18.3. The summed E-state index contributed by atoms with van der Waals surface area (Å²) < 4.78 is 0. The smallest absolute Gasteiger partial charge is 0.346 e. The van der Waals surface area contributed by atoms with Crippen LogP contribution in [0.3, 0.4) is 0 Å². The highest BCUT2D eigenvalue weighted by molar-refractivity contribution is 7.20. The van der Waals surface area contributed by atoms with Crippen LogP contribution in [0, 0.1) is 13.8 Å². The molecule has 0 atom stereocenters. The molecule has 4 rings (SSSR count). The van der Waals surface area contributed by atoms with E-state index in [0.29, 0.717) is 26.9 Å². The number of carboxylic acids is 1. The van der Waals surface area contributed by atoms with E-state index in [-0.39, 0.29) is 0 Å². The maximum Gasteiger partial charge on any atom is 0.346 e. The van der Waals surface area contributed by atoms with Crippen molar-refractivity contribution >= 4 is 44.7 Å². The van der Waals surface area contributed by atoms with E-state index in [4.69, 9.17) is 0 Å². The fourth-order valence-corrected chi connectivity index (χ4v) is 4.47. The Kier molecular flexibility index (Phi) is 4.24. The van der Waals surface area contributed by atoms with Gasteiger partial charge in [0.15, 0.2) is 0 Å². The first-order valence-corrected chi connectivity index (χ1v) is 9.47. The van der Waals surface area contributed by atoms with Gasteiger partial charge in [-0.15, -0.1) is 11.3 Å². The third kappa shape index (κ3) is 2.99. The van der Waals surface area contributed by atoms with Crippen molar-refractivity contribution in [1.82, 2.24) is 9.97 Å². The van der Waals surface area contributed by atoms with Crippen molar-refractivity contribution in [2.75, 3.05) is 23.3 Å². The predicted molar refractivity (Wildman–Crippen MR) is 105 cm³/mol. The van der Waals surface area contributed by atoms with E-state index in [2.05, 4.69) is 32.3 Å². The van der Waals surface area contributed by atoms with Crippen molar-refractivity contribution in [2.24, 2.45) is 0 Å². The number of nitrogens with zero attached hydrogens (tertiary/aromatic N) is 3. The van der Waals surface area contributed by atoms with Gasteiger partial charge in [-0.2, -0.15) is 0 Å². The van der Waals surface area contributed by atoms with E-state index in [9.17, 15) is 9.90 Å². The summed E-state index contributed by atoms with van der Waals surface area (Å²) in [5.41, 5.74) is 2.86. The molecule has 0 unspecified atom stereocenters. The van der Waals surface area contributed by atoms with Crippen LogP contribution < -0.4 is 10.2 Å². The van der Waals surface area contributed by atoms with Crippen molar-refractivity contribution < 1.29 is 9.90 Å².